The zero-order valence-electron chi connectivity index (χ0n) is 11.0. The van der Waals surface area contributed by atoms with Crippen molar-refractivity contribution >= 4 is 10.2 Å². The van der Waals surface area contributed by atoms with E-state index in [0.29, 0.717) is 26.1 Å². The van der Waals surface area contributed by atoms with Gasteiger partial charge in [-0.1, -0.05) is 6.92 Å². The summed E-state index contributed by atoms with van der Waals surface area (Å²) in [7, 11) is -0.141. The van der Waals surface area contributed by atoms with Crippen LogP contribution in [-0.4, -0.2) is 59.7 Å². The largest absolute Gasteiger partial charge is 0.385 e. The molecule has 0 aromatic heterocycles. The van der Waals surface area contributed by atoms with Gasteiger partial charge in [-0.3, -0.25) is 0 Å². The summed E-state index contributed by atoms with van der Waals surface area (Å²) in [6.45, 7) is 5.26. The molecule has 0 aliphatic rings. The van der Waals surface area contributed by atoms with E-state index in [9.17, 15) is 8.42 Å². The van der Waals surface area contributed by atoms with Crippen molar-refractivity contribution in [2.24, 2.45) is 0 Å². The highest BCUT2D eigenvalue weighted by molar-refractivity contribution is 7.87. The van der Waals surface area contributed by atoms with E-state index >= 15 is 0 Å². The fourth-order valence-corrected chi connectivity index (χ4v) is 2.24. The Balaban J connectivity index is 3.78. The highest BCUT2D eigenvalue weighted by Crippen LogP contribution is 1.95. The van der Waals surface area contributed by atoms with E-state index in [0.717, 1.165) is 19.5 Å². The molecule has 0 aliphatic carbocycles. The van der Waals surface area contributed by atoms with Crippen LogP contribution in [0, 0.1) is 0 Å². The molecule has 0 bridgehead atoms. The molecule has 104 valence electrons. The van der Waals surface area contributed by atoms with Crippen molar-refractivity contribution in [2.75, 3.05) is 46.9 Å². The smallest absolute Gasteiger partial charge is 0.279 e. The van der Waals surface area contributed by atoms with E-state index in [4.69, 9.17) is 4.74 Å². The Kier molecular flexibility index (Phi) is 9.66. The number of rotatable bonds is 11. The minimum absolute atomic E-state index is 0.410. The summed E-state index contributed by atoms with van der Waals surface area (Å²) in [5.41, 5.74) is 0. The summed E-state index contributed by atoms with van der Waals surface area (Å²) >= 11 is 0. The summed E-state index contributed by atoms with van der Waals surface area (Å²) in [5.74, 6) is 0. The van der Waals surface area contributed by atoms with E-state index in [1.54, 1.807) is 14.2 Å². The summed E-state index contributed by atoms with van der Waals surface area (Å²) in [6.07, 6.45) is 1.49. The minimum atomic E-state index is -3.33. The monoisotopic (exact) mass is 267 g/mol. The Morgan fingerprint density at radius 3 is 2.53 bits per heavy atom. The maximum Gasteiger partial charge on any atom is 0.279 e. The molecular weight excluding hydrogens is 242 g/mol. The zero-order valence-corrected chi connectivity index (χ0v) is 11.8. The number of hydrogen-bond acceptors (Lipinski definition) is 4. The van der Waals surface area contributed by atoms with Crippen LogP contribution in [0.25, 0.3) is 0 Å². The summed E-state index contributed by atoms with van der Waals surface area (Å²) in [4.78, 5) is 0. The van der Waals surface area contributed by atoms with Gasteiger partial charge in [0, 0.05) is 33.9 Å². The zero-order chi connectivity index (χ0) is 13.1. The molecule has 0 saturated carbocycles. The number of ether oxygens (including phenoxy) is 1. The van der Waals surface area contributed by atoms with Gasteiger partial charge in [-0.15, -0.1) is 0 Å². The minimum Gasteiger partial charge on any atom is -0.385 e. The first-order valence-corrected chi connectivity index (χ1v) is 7.39. The maximum atomic E-state index is 11.7. The van der Waals surface area contributed by atoms with E-state index in [2.05, 4.69) is 10.0 Å². The molecule has 0 saturated heterocycles. The van der Waals surface area contributed by atoms with Crippen molar-refractivity contribution in [3.05, 3.63) is 0 Å². The third-order valence-corrected chi connectivity index (χ3v) is 3.87. The molecule has 0 heterocycles. The molecule has 0 aromatic rings. The van der Waals surface area contributed by atoms with Crippen molar-refractivity contribution in [2.45, 2.75) is 19.8 Å². The van der Waals surface area contributed by atoms with Crippen LogP contribution in [0.5, 0.6) is 0 Å². The lowest BCUT2D eigenvalue weighted by Crippen LogP contribution is -2.40. The standard InChI is InChI=1S/C10H25N3O3S/c1-4-11-7-5-9-13(2)17(14,15)12-8-6-10-16-3/h11-12H,4-10H2,1-3H3. The van der Waals surface area contributed by atoms with Gasteiger partial charge in [0.2, 0.25) is 0 Å². The van der Waals surface area contributed by atoms with Crippen LogP contribution in [-0.2, 0) is 14.9 Å². The van der Waals surface area contributed by atoms with E-state index < -0.39 is 10.2 Å². The number of hydrogen-bond donors (Lipinski definition) is 2. The van der Waals surface area contributed by atoms with Crippen LogP contribution in [0.15, 0.2) is 0 Å². The van der Waals surface area contributed by atoms with Gasteiger partial charge in [0.1, 0.15) is 0 Å². The van der Waals surface area contributed by atoms with Gasteiger partial charge in [0.05, 0.1) is 0 Å². The number of methoxy groups -OCH3 is 1. The average molecular weight is 267 g/mol. The SMILES string of the molecule is CCNCCCN(C)S(=O)(=O)NCCCOC. The molecule has 2 N–H and O–H groups in total. The Morgan fingerprint density at radius 1 is 1.24 bits per heavy atom. The predicted molar refractivity (Wildman–Crippen MR) is 69.2 cm³/mol. The highest BCUT2D eigenvalue weighted by atomic mass is 32.2. The maximum absolute atomic E-state index is 11.7. The van der Waals surface area contributed by atoms with Gasteiger partial charge < -0.3 is 10.1 Å². The van der Waals surface area contributed by atoms with Gasteiger partial charge >= 0.3 is 0 Å². The van der Waals surface area contributed by atoms with E-state index in [1.165, 1.54) is 4.31 Å². The molecule has 0 radical (unpaired) electrons. The third kappa shape index (κ3) is 8.50. The molecule has 0 spiro atoms. The summed E-state index contributed by atoms with van der Waals surface area (Å²) < 4.78 is 32.2. The van der Waals surface area contributed by atoms with Gasteiger partial charge in [0.25, 0.3) is 10.2 Å². The van der Waals surface area contributed by atoms with Gasteiger partial charge in [-0.25, -0.2) is 4.72 Å². The fraction of sp³-hybridized carbons (Fsp3) is 1.00. The quantitative estimate of drug-likeness (QED) is 0.508. The predicted octanol–water partition coefficient (Wildman–Crippen LogP) is -0.211. The van der Waals surface area contributed by atoms with Crippen LogP contribution in [0.2, 0.25) is 0 Å². The molecule has 0 atom stereocenters. The lowest BCUT2D eigenvalue weighted by atomic mass is 10.4. The second-order valence-electron chi connectivity index (χ2n) is 3.77. The first-order chi connectivity index (χ1) is 8.04. The molecule has 0 unspecified atom stereocenters. The van der Waals surface area contributed by atoms with Crippen molar-refractivity contribution in [3.8, 4) is 0 Å². The first kappa shape index (κ1) is 16.8. The van der Waals surface area contributed by atoms with Crippen molar-refractivity contribution in [1.29, 1.82) is 0 Å². The van der Waals surface area contributed by atoms with Crippen LogP contribution in [0.1, 0.15) is 19.8 Å². The second-order valence-corrected chi connectivity index (χ2v) is 5.64. The van der Waals surface area contributed by atoms with Crippen molar-refractivity contribution in [1.82, 2.24) is 14.3 Å². The molecule has 0 amide bonds. The van der Waals surface area contributed by atoms with Crippen LogP contribution in [0.4, 0.5) is 0 Å². The van der Waals surface area contributed by atoms with Crippen molar-refractivity contribution < 1.29 is 13.2 Å². The lowest BCUT2D eigenvalue weighted by molar-refractivity contribution is 0.195. The van der Waals surface area contributed by atoms with E-state index in [1.807, 2.05) is 6.92 Å². The molecule has 17 heavy (non-hydrogen) atoms. The molecule has 0 aromatic carbocycles. The molecular formula is C10H25N3O3S. The fourth-order valence-electron chi connectivity index (χ4n) is 1.25. The molecule has 0 rings (SSSR count). The molecule has 6 nitrogen and oxygen atoms in total. The number of nitrogens with zero attached hydrogens (tertiary/aromatic N) is 1. The normalized spacial score (nSPS) is 12.2. The molecule has 0 fully saturated rings. The first-order valence-electron chi connectivity index (χ1n) is 5.95. The van der Waals surface area contributed by atoms with Gasteiger partial charge in [0.15, 0.2) is 0 Å². The third-order valence-electron chi connectivity index (χ3n) is 2.30. The van der Waals surface area contributed by atoms with Crippen molar-refractivity contribution in [3.63, 3.8) is 0 Å². The van der Waals surface area contributed by atoms with Crippen LogP contribution in [0.3, 0.4) is 0 Å². The Bertz CT molecular complexity index is 270. The van der Waals surface area contributed by atoms with Crippen LogP contribution >= 0.6 is 0 Å². The average Bonchev–Trinajstić information content (AvgIpc) is 2.30. The molecule has 7 heteroatoms. The Hall–Kier alpha value is -0.210. The summed E-state index contributed by atoms with van der Waals surface area (Å²) in [5, 5.41) is 3.16. The van der Waals surface area contributed by atoms with Crippen LogP contribution < -0.4 is 10.0 Å². The Morgan fingerprint density at radius 2 is 1.94 bits per heavy atom. The lowest BCUT2D eigenvalue weighted by Gasteiger charge is -2.17. The topological polar surface area (TPSA) is 70.7 Å². The molecule has 0 aliphatic heterocycles. The highest BCUT2D eigenvalue weighted by Gasteiger charge is 2.15. The number of nitrogens with one attached hydrogen (secondary N) is 2. The van der Waals surface area contributed by atoms with Gasteiger partial charge in [-0.05, 0) is 25.9 Å². The Labute approximate surface area is 105 Å². The summed E-state index contributed by atoms with van der Waals surface area (Å²) in [6, 6.07) is 0. The van der Waals surface area contributed by atoms with Gasteiger partial charge in [-0.2, -0.15) is 12.7 Å². The second kappa shape index (κ2) is 9.78. The van der Waals surface area contributed by atoms with E-state index in [-0.39, 0.29) is 0 Å².